The molecule has 2 aromatic rings. The lowest BCUT2D eigenvalue weighted by Crippen LogP contribution is -2.32. The minimum absolute atomic E-state index is 0. The van der Waals surface area contributed by atoms with Crippen LogP contribution in [0.1, 0.15) is 22.3 Å². The first kappa shape index (κ1) is 19.9. The molecular weight excluding hydrogens is 352 g/mol. The predicted octanol–water partition coefficient (Wildman–Crippen LogP) is 3.63. The first-order chi connectivity index (χ1) is 12.2. The monoisotopic (exact) mass is 376 g/mol. The molecule has 0 unspecified atom stereocenters. The highest BCUT2D eigenvalue weighted by Crippen LogP contribution is 2.26. The van der Waals surface area contributed by atoms with Crippen LogP contribution in [0, 0.1) is 0 Å². The van der Waals surface area contributed by atoms with Crippen molar-refractivity contribution in [3.05, 3.63) is 53.6 Å². The van der Waals surface area contributed by atoms with Gasteiger partial charge in [-0.1, -0.05) is 6.07 Å². The average Bonchev–Trinajstić information content (AvgIpc) is 2.67. The Morgan fingerprint density at radius 2 is 1.88 bits per heavy atom. The molecule has 0 aromatic heterocycles. The van der Waals surface area contributed by atoms with E-state index in [1.165, 1.54) is 0 Å². The average molecular weight is 377 g/mol. The van der Waals surface area contributed by atoms with Crippen LogP contribution < -0.4 is 14.8 Å². The lowest BCUT2D eigenvalue weighted by atomic mass is 9.97. The van der Waals surface area contributed by atoms with Crippen LogP contribution in [0.4, 0.5) is 5.69 Å². The zero-order valence-corrected chi connectivity index (χ0v) is 16.0. The molecule has 1 heterocycles. The van der Waals surface area contributed by atoms with E-state index in [0.717, 1.165) is 47.7 Å². The van der Waals surface area contributed by atoms with E-state index < -0.39 is 0 Å². The number of nitrogens with zero attached hydrogens (tertiary/aromatic N) is 1. The fraction of sp³-hybridized carbons (Fsp3) is 0.350. The number of hydrogen-bond donors (Lipinski definition) is 1. The van der Waals surface area contributed by atoms with Crippen LogP contribution in [-0.2, 0) is 6.42 Å². The molecule has 26 heavy (non-hydrogen) atoms. The van der Waals surface area contributed by atoms with E-state index in [9.17, 15) is 4.79 Å². The summed E-state index contributed by atoms with van der Waals surface area (Å²) in [6.45, 7) is 1.94. The summed E-state index contributed by atoms with van der Waals surface area (Å²) in [4.78, 5) is 14.5. The largest absolute Gasteiger partial charge is 0.497 e. The van der Waals surface area contributed by atoms with Crippen molar-refractivity contribution in [1.29, 1.82) is 0 Å². The number of ether oxygens (including phenoxy) is 2. The second-order valence-electron chi connectivity index (χ2n) is 6.11. The summed E-state index contributed by atoms with van der Waals surface area (Å²) in [5.41, 5.74) is 3.00. The van der Waals surface area contributed by atoms with Crippen LogP contribution in [0.2, 0.25) is 0 Å². The van der Waals surface area contributed by atoms with Crippen molar-refractivity contribution < 1.29 is 14.3 Å². The second kappa shape index (κ2) is 9.34. The molecule has 0 spiro atoms. The number of methoxy groups -OCH3 is 1. The van der Waals surface area contributed by atoms with Crippen molar-refractivity contribution in [3.8, 4) is 11.5 Å². The second-order valence-corrected chi connectivity index (χ2v) is 6.11. The maximum Gasteiger partial charge on any atom is 0.254 e. The molecule has 2 aromatic carbocycles. The quantitative estimate of drug-likeness (QED) is 0.836. The van der Waals surface area contributed by atoms with Gasteiger partial charge in [0.2, 0.25) is 0 Å². The van der Waals surface area contributed by atoms with Gasteiger partial charge >= 0.3 is 0 Å². The van der Waals surface area contributed by atoms with Gasteiger partial charge < -0.3 is 19.7 Å². The van der Waals surface area contributed by atoms with Gasteiger partial charge in [0.05, 0.1) is 13.7 Å². The van der Waals surface area contributed by atoms with Crippen molar-refractivity contribution in [2.75, 3.05) is 39.2 Å². The highest BCUT2D eigenvalue weighted by molar-refractivity contribution is 5.97. The Kier molecular flexibility index (Phi) is 7.16. The minimum Gasteiger partial charge on any atom is -0.497 e. The number of carbonyl (C=O) groups excluding carboxylic acids is 1. The summed E-state index contributed by atoms with van der Waals surface area (Å²) in [6.07, 6.45) is 2.00. The summed E-state index contributed by atoms with van der Waals surface area (Å²) >= 11 is 0. The number of amides is 1. The molecular formula is C20H25ClN2O3. The molecule has 1 N–H and O–H groups in total. The van der Waals surface area contributed by atoms with Crippen LogP contribution in [0.15, 0.2) is 42.5 Å². The van der Waals surface area contributed by atoms with Crippen LogP contribution >= 0.6 is 12.4 Å². The highest BCUT2D eigenvalue weighted by atomic mass is 35.5. The number of rotatable bonds is 6. The molecule has 140 valence electrons. The standard InChI is InChI=1S/C20H24N2O3.ClH/c1-22(13-14-25-16-10-8-15(24-2)9-11-16)20(23)18-5-3-7-19-17(18)6-4-12-21-19;/h3,5,7-11,21H,4,6,12-14H2,1-2H3;1H. The Labute approximate surface area is 160 Å². The van der Waals surface area contributed by atoms with E-state index in [2.05, 4.69) is 5.32 Å². The summed E-state index contributed by atoms with van der Waals surface area (Å²) < 4.78 is 10.8. The molecule has 0 aliphatic carbocycles. The van der Waals surface area contributed by atoms with Gasteiger partial charge in [-0.2, -0.15) is 0 Å². The van der Waals surface area contributed by atoms with Crippen molar-refractivity contribution in [2.24, 2.45) is 0 Å². The van der Waals surface area contributed by atoms with Crippen molar-refractivity contribution in [2.45, 2.75) is 12.8 Å². The molecule has 1 aliphatic rings. The normalized spacial score (nSPS) is 12.2. The third-order valence-corrected chi connectivity index (χ3v) is 4.43. The number of likely N-dealkylation sites (N-methyl/N-ethyl adjacent to an activating group) is 1. The Bertz CT molecular complexity index is 734. The van der Waals surface area contributed by atoms with Gasteiger partial charge in [-0.15, -0.1) is 12.4 Å². The molecule has 0 fully saturated rings. The van der Waals surface area contributed by atoms with E-state index in [-0.39, 0.29) is 18.3 Å². The number of halogens is 1. The molecule has 6 heteroatoms. The van der Waals surface area contributed by atoms with Crippen LogP contribution in [-0.4, -0.2) is 44.7 Å². The number of nitrogens with one attached hydrogen (secondary N) is 1. The Morgan fingerprint density at radius 1 is 1.15 bits per heavy atom. The fourth-order valence-electron chi connectivity index (χ4n) is 2.99. The topological polar surface area (TPSA) is 50.8 Å². The number of fused-ring (bicyclic) bond motifs is 1. The molecule has 1 aliphatic heterocycles. The van der Waals surface area contributed by atoms with Gasteiger partial charge in [-0.05, 0) is 54.8 Å². The van der Waals surface area contributed by atoms with Crippen molar-refractivity contribution >= 4 is 24.0 Å². The molecule has 0 radical (unpaired) electrons. The predicted molar refractivity (Wildman–Crippen MR) is 106 cm³/mol. The maximum atomic E-state index is 12.8. The Balaban J connectivity index is 0.00000243. The Hall–Kier alpha value is -2.40. The minimum atomic E-state index is 0. The fourth-order valence-corrected chi connectivity index (χ4v) is 2.99. The highest BCUT2D eigenvalue weighted by Gasteiger charge is 2.19. The van der Waals surface area contributed by atoms with Gasteiger partial charge in [0, 0.05) is 24.8 Å². The molecule has 0 atom stereocenters. The van der Waals surface area contributed by atoms with Gasteiger partial charge in [0.15, 0.2) is 0 Å². The molecule has 0 saturated heterocycles. The molecule has 0 saturated carbocycles. The van der Waals surface area contributed by atoms with Crippen LogP contribution in [0.5, 0.6) is 11.5 Å². The van der Waals surface area contributed by atoms with Gasteiger partial charge in [0.25, 0.3) is 5.91 Å². The zero-order valence-electron chi connectivity index (χ0n) is 15.2. The summed E-state index contributed by atoms with van der Waals surface area (Å²) in [5.74, 6) is 1.60. The third-order valence-electron chi connectivity index (χ3n) is 4.43. The summed E-state index contributed by atoms with van der Waals surface area (Å²) in [5, 5.41) is 3.37. The van der Waals surface area contributed by atoms with Crippen LogP contribution in [0.25, 0.3) is 0 Å². The van der Waals surface area contributed by atoms with Gasteiger partial charge in [-0.25, -0.2) is 0 Å². The first-order valence-electron chi connectivity index (χ1n) is 8.57. The molecule has 0 bridgehead atoms. The van der Waals surface area contributed by atoms with E-state index in [1.807, 2.05) is 49.5 Å². The summed E-state index contributed by atoms with van der Waals surface area (Å²) in [7, 11) is 3.45. The zero-order chi connectivity index (χ0) is 17.6. The number of carbonyl (C=O) groups is 1. The van der Waals surface area contributed by atoms with E-state index in [0.29, 0.717) is 13.2 Å². The molecule has 5 nitrogen and oxygen atoms in total. The van der Waals surface area contributed by atoms with E-state index in [1.54, 1.807) is 12.0 Å². The van der Waals surface area contributed by atoms with Gasteiger partial charge in [-0.3, -0.25) is 4.79 Å². The van der Waals surface area contributed by atoms with E-state index in [4.69, 9.17) is 9.47 Å². The smallest absolute Gasteiger partial charge is 0.254 e. The lowest BCUT2D eigenvalue weighted by Gasteiger charge is -2.23. The molecule has 3 rings (SSSR count). The SMILES string of the molecule is COc1ccc(OCCN(C)C(=O)c2cccc3c2CCCN3)cc1.Cl. The first-order valence-corrected chi connectivity index (χ1v) is 8.57. The van der Waals surface area contributed by atoms with E-state index >= 15 is 0 Å². The Morgan fingerprint density at radius 3 is 2.62 bits per heavy atom. The number of benzene rings is 2. The number of hydrogen-bond acceptors (Lipinski definition) is 4. The molecule has 1 amide bonds. The van der Waals surface area contributed by atoms with Crippen molar-refractivity contribution in [3.63, 3.8) is 0 Å². The van der Waals surface area contributed by atoms with Crippen molar-refractivity contribution in [1.82, 2.24) is 4.90 Å². The van der Waals surface area contributed by atoms with Crippen LogP contribution in [0.3, 0.4) is 0 Å². The number of anilines is 1. The summed E-state index contributed by atoms with van der Waals surface area (Å²) in [6, 6.07) is 13.3. The third kappa shape index (κ3) is 4.61. The van der Waals surface area contributed by atoms with Gasteiger partial charge in [0.1, 0.15) is 18.1 Å². The lowest BCUT2D eigenvalue weighted by molar-refractivity contribution is 0.0772. The maximum absolute atomic E-state index is 12.8.